The normalized spacial score (nSPS) is 20.4. The molecule has 0 saturated heterocycles. The monoisotopic (exact) mass is 351 g/mol. The molecule has 1 aromatic heterocycles. The fourth-order valence-corrected chi connectivity index (χ4v) is 3.65. The van der Waals surface area contributed by atoms with Crippen LogP contribution in [0, 0.1) is 12.8 Å². The van der Waals surface area contributed by atoms with Gasteiger partial charge in [0, 0.05) is 17.3 Å². The van der Waals surface area contributed by atoms with Crippen molar-refractivity contribution >= 4 is 29.0 Å². The number of Topliss-reactive ketones (excluding diaryl/α,β-unsaturated/α-hetero) is 1. The number of ketones is 1. The summed E-state index contributed by atoms with van der Waals surface area (Å²) in [6, 6.07) is 3.84. The van der Waals surface area contributed by atoms with Gasteiger partial charge in [-0.2, -0.15) is 0 Å². The first-order valence-corrected chi connectivity index (χ1v) is 9.30. The van der Waals surface area contributed by atoms with Crippen molar-refractivity contribution in [3.63, 3.8) is 0 Å². The van der Waals surface area contributed by atoms with E-state index >= 15 is 0 Å². The lowest BCUT2D eigenvalue weighted by molar-refractivity contribution is -0.148. The summed E-state index contributed by atoms with van der Waals surface area (Å²) in [5.41, 5.74) is 0. The van der Waals surface area contributed by atoms with Crippen LogP contribution in [0.15, 0.2) is 12.1 Å². The second-order valence-corrected chi connectivity index (χ2v) is 7.81. The van der Waals surface area contributed by atoms with Crippen molar-refractivity contribution in [2.75, 3.05) is 6.61 Å². The Morgan fingerprint density at radius 3 is 2.50 bits per heavy atom. The van der Waals surface area contributed by atoms with E-state index in [0.717, 1.165) is 36.5 Å². The highest BCUT2D eigenvalue weighted by Gasteiger charge is 2.20. The fraction of sp³-hybridized carbons (Fsp3) is 0.611. The van der Waals surface area contributed by atoms with Gasteiger partial charge >= 0.3 is 5.97 Å². The van der Waals surface area contributed by atoms with Crippen molar-refractivity contribution in [1.29, 1.82) is 0 Å². The third-order valence-corrected chi connectivity index (χ3v) is 5.36. The molecule has 0 radical (unpaired) electrons. The van der Waals surface area contributed by atoms with Crippen LogP contribution in [-0.4, -0.2) is 30.3 Å². The van der Waals surface area contributed by atoms with Crippen LogP contribution in [0.25, 0.3) is 0 Å². The molecule has 1 saturated carbocycles. The molecule has 24 heavy (non-hydrogen) atoms. The summed E-state index contributed by atoms with van der Waals surface area (Å²) in [4.78, 5) is 37.1. The van der Waals surface area contributed by atoms with Crippen molar-refractivity contribution in [1.82, 2.24) is 5.32 Å². The first kappa shape index (κ1) is 18.6. The highest BCUT2D eigenvalue weighted by Crippen LogP contribution is 2.23. The molecule has 1 aliphatic carbocycles. The number of hydrogen-bond donors (Lipinski definition) is 1. The Bertz CT molecular complexity index is 588. The number of esters is 1. The molecule has 132 valence electrons. The molecule has 0 unspecified atom stereocenters. The average Bonchev–Trinajstić information content (AvgIpc) is 2.99. The molecule has 1 N–H and O–H groups in total. The number of thiophene rings is 1. The summed E-state index contributed by atoms with van der Waals surface area (Å²) in [6.45, 7) is 3.89. The molecular weight excluding hydrogens is 326 g/mol. The van der Waals surface area contributed by atoms with E-state index in [0.29, 0.717) is 4.88 Å². The Kier molecular flexibility index (Phi) is 6.97. The summed E-state index contributed by atoms with van der Waals surface area (Å²) < 4.78 is 4.96. The number of hydrogen-bond acceptors (Lipinski definition) is 5. The molecule has 1 heterocycles. The Morgan fingerprint density at radius 2 is 1.88 bits per heavy atom. The standard InChI is InChI=1S/C18H25NO4S/c1-12-3-6-14(7-4-12)19-17(21)11-23-18(22)10-8-15(20)16-9-5-13(2)24-16/h5,9,12,14H,3-4,6-8,10-11H2,1-2H3,(H,19,21). The average molecular weight is 351 g/mol. The van der Waals surface area contributed by atoms with E-state index in [1.807, 2.05) is 13.0 Å². The van der Waals surface area contributed by atoms with Crippen LogP contribution in [0.3, 0.4) is 0 Å². The van der Waals surface area contributed by atoms with E-state index in [9.17, 15) is 14.4 Å². The minimum Gasteiger partial charge on any atom is -0.456 e. The van der Waals surface area contributed by atoms with Gasteiger partial charge in [0.05, 0.1) is 11.3 Å². The number of carbonyl (C=O) groups is 3. The number of aryl methyl sites for hydroxylation is 1. The number of ether oxygens (including phenoxy) is 1. The molecular formula is C18H25NO4S. The summed E-state index contributed by atoms with van der Waals surface area (Å²) in [5, 5.41) is 2.91. The lowest BCUT2D eigenvalue weighted by Crippen LogP contribution is -2.39. The molecule has 1 fully saturated rings. The van der Waals surface area contributed by atoms with Gasteiger partial charge in [-0.05, 0) is 50.7 Å². The molecule has 0 aliphatic heterocycles. The maximum Gasteiger partial charge on any atom is 0.306 e. The number of nitrogens with one attached hydrogen (secondary N) is 1. The second kappa shape index (κ2) is 8.97. The predicted octanol–water partition coefficient (Wildman–Crippen LogP) is 3.26. The Labute approximate surface area is 146 Å². The van der Waals surface area contributed by atoms with Crippen LogP contribution in [0.1, 0.15) is 60.0 Å². The van der Waals surface area contributed by atoms with Gasteiger partial charge in [0.25, 0.3) is 5.91 Å². The molecule has 0 bridgehead atoms. The molecule has 2 rings (SSSR count). The van der Waals surface area contributed by atoms with Crippen molar-refractivity contribution in [2.45, 2.75) is 58.4 Å². The van der Waals surface area contributed by atoms with Gasteiger partial charge in [0.1, 0.15) is 0 Å². The van der Waals surface area contributed by atoms with Gasteiger partial charge in [0.2, 0.25) is 0 Å². The molecule has 6 heteroatoms. The zero-order chi connectivity index (χ0) is 17.5. The molecule has 0 aromatic carbocycles. The number of rotatable bonds is 7. The lowest BCUT2D eigenvalue weighted by atomic mass is 9.87. The Hall–Kier alpha value is -1.69. The van der Waals surface area contributed by atoms with Crippen molar-refractivity contribution in [3.05, 3.63) is 21.9 Å². The minimum absolute atomic E-state index is 0.00397. The van der Waals surface area contributed by atoms with E-state index in [2.05, 4.69) is 12.2 Å². The van der Waals surface area contributed by atoms with E-state index in [1.165, 1.54) is 11.3 Å². The first-order valence-electron chi connectivity index (χ1n) is 8.48. The van der Waals surface area contributed by atoms with Crippen LogP contribution in [0.5, 0.6) is 0 Å². The maximum atomic E-state index is 11.9. The van der Waals surface area contributed by atoms with E-state index < -0.39 is 5.97 Å². The second-order valence-electron chi connectivity index (χ2n) is 6.52. The van der Waals surface area contributed by atoms with Gasteiger partial charge in [-0.25, -0.2) is 0 Å². The first-order chi connectivity index (χ1) is 11.4. The van der Waals surface area contributed by atoms with Gasteiger partial charge in [-0.15, -0.1) is 11.3 Å². The smallest absolute Gasteiger partial charge is 0.306 e. The number of amides is 1. The third-order valence-electron chi connectivity index (χ3n) is 4.32. The largest absolute Gasteiger partial charge is 0.456 e. The van der Waals surface area contributed by atoms with Gasteiger partial charge < -0.3 is 10.1 Å². The topological polar surface area (TPSA) is 72.5 Å². The summed E-state index contributed by atoms with van der Waals surface area (Å²) in [5.74, 6) is -0.112. The zero-order valence-corrected chi connectivity index (χ0v) is 15.1. The summed E-state index contributed by atoms with van der Waals surface area (Å²) in [6.07, 6.45) is 4.32. The molecule has 5 nitrogen and oxygen atoms in total. The highest BCUT2D eigenvalue weighted by atomic mass is 32.1. The zero-order valence-electron chi connectivity index (χ0n) is 14.3. The van der Waals surface area contributed by atoms with Crippen molar-refractivity contribution in [3.8, 4) is 0 Å². The lowest BCUT2D eigenvalue weighted by Gasteiger charge is -2.26. The van der Waals surface area contributed by atoms with Crippen molar-refractivity contribution in [2.24, 2.45) is 5.92 Å². The van der Waals surface area contributed by atoms with Crippen LogP contribution in [0.2, 0.25) is 0 Å². The van der Waals surface area contributed by atoms with Gasteiger partial charge in [-0.3, -0.25) is 14.4 Å². The van der Waals surface area contributed by atoms with Crippen LogP contribution < -0.4 is 5.32 Å². The van der Waals surface area contributed by atoms with Crippen LogP contribution >= 0.6 is 11.3 Å². The Balaban J connectivity index is 1.62. The molecule has 1 aliphatic rings. The molecule has 0 spiro atoms. The van der Waals surface area contributed by atoms with Gasteiger partial charge in [-0.1, -0.05) is 6.92 Å². The summed E-state index contributed by atoms with van der Waals surface area (Å²) in [7, 11) is 0. The fourth-order valence-electron chi connectivity index (χ4n) is 2.82. The minimum atomic E-state index is -0.510. The molecule has 1 aromatic rings. The van der Waals surface area contributed by atoms with E-state index in [1.54, 1.807) is 6.07 Å². The molecule has 0 atom stereocenters. The summed E-state index contributed by atoms with van der Waals surface area (Å²) >= 11 is 1.42. The van der Waals surface area contributed by atoms with Gasteiger partial charge in [0.15, 0.2) is 12.4 Å². The van der Waals surface area contributed by atoms with E-state index in [4.69, 9.17) is 4.74 Å². The van der Waals surface area contributed by atoms with Crippen LogP contribution in [0.4, 0.5) is 0 Å². The highest BCUT2D eigenvalue weighted by molar-refractivity contribution is 7.14. The maximum absolute atomic E-state index is 11.9. The Morgan fingerprint density at radius 1 is 1.17 bits per heavy atom. The van der Waals surface area contributed by atoms with Crippen LogP contribution in [-0.2, 0) is 14.3 Å². The predicted molar refractivity (Wildman–Crippen MR) is 93.1 cm³/mol. The third kappa shape index (κ3) is 6.07. The molecule has 1 amide bonds. The van der Waals surface area contributed by atoms with Crippen molar-refractivity contribution < 1.29 is 19.1 Å². The SMILES string of the molecule is Cc1ccc(C(=O)CCC(=O)OCC(=O)NC2CCC(C)CC2)s1. The quantitative estimate of drug-likeness (QED) is 0.604. The van der Waals surface area contributed by atoms with E-state index in [-0.39, 0.29) is 37.2 Å². The number of carbonyl (C=O) groups excluding carboxylic acids is 3.